The van der Waals surface area contributed by atoms with Crippen molar-refractivity contribution in [2.24, 2.45) is 7.05 Å². The van der Waals surface area contributed by atoms with Gasteiger partial charge >= 0.3 is 5.97 Å². The van der Waals surface area contributed by atoms with E-state index in [1.165, 1.54) is 18.4 Å². The lowest BCUT2D eigenvalue weighted by Crippen LogP contribution is -2.25. The highest BCUT2D eigenvalue weighted by Crippen LogP contribution is 2.27. The monoisotopic (exact) mass is 259 g/mol. The first-order valence-electron chi connectivity index (χ1n) is 5.74. The third-order valence-corrected chi connectivity index (χ3v) is 2.85. The standard InChI is InChI=1S/C14H13NO4/c1-8(16)12-13(19-9(2)17)10-6-4-5-7-11(10)15(3)14(12)18/h4-7H,1-3H3. The van der Waals surface area contributed by atoms with Crippen molar-refractivity contribution in [3.05, 3.63) is 40.2 Å². The summed E-state index contributed by atoms with van der Waals surface area (Å²) in [5.41, 5.74) is 0.0348. The van der Waals surface area contributed by atoms with Crippen LogP contribution >= 0.6 is 0 Å². The second kappa shape index (κ2) is 4.68. The van der Waals surface area contributed by atoms with Crippen LogP contribution in [0.25, 0.3) is 10.9 Å². The number of Topliss-reactive ketones (excluding diaryl/α,β-unsaturated/α-hetero) is 1. The van der Waals surface area contributed by atoms with Crippen molar-refractivity contribution in [3.8, 4) is 5.75 Å². The number of pyridine rings is 1. The number of rotatable bonds is 2. The molecule has 0 spiro atoms. The molecule has 5 heteroatoms. The van der Waals surface area contributed by atoms with Gasteiger partial charge in [-0.3, -0.25) is 14.4 Å². The van der Waals surface area contributed by atoms with E-state index in [1.54, 1.807) is 31.3 Å². The van der Waals surface area contributed by atoms with Crippen molar-refractivity contribution < 1.29 is 14.3 Å². The zero-order valence-electron chi connectivity index (χ0n) is 10.9. The van der Waals surface area contributed by atoms with E-state index in [9.17, 15) is 14.4 Å². The van der Waals surface area contributed by atoms with Gasteiger partial charge in [0.25, 0.3) is 5.56 Å². The first kappa shape index (κ1) is 13.0. The molecule has 2 rings (SSSR count). The Morgan fingerprint density at radius 3 is 2.37 bits per heavy atom. The third-order valence-electron chi connectivity index (χ3n) is 2.85. The predicted molar refractivity (Wildman–Crippen MR) is 70.5 cm³/mol. The van der Waals surface area contributed by atoms with Crippen LogP contribution in [-0.4, -0.2) is 16.3 Å². The van der Waals surface area contributed by atoms with E-state index < -0.39 is 17.3 Å². The zero-order chi connectivity index (χ0) is 14.2. The molecule has 1 aromatic carbocycles. The number of esters is 1. The molecule has 1 aromatic heterocycles. The highest BCUT2D eigenvalue weighted by Gasteiger charge is 2.20. The molecule has 0 saturated heterocycles. The smallest absolute Gasteiger partial charge is 0.308 e. The second-order valence-corrected chi connectivity index (χ2v) is 4.24. The average molecular weight is 259 g/mol. The zero-order valence-corrected chi connectivity index (χ0v) is 10.9. The van der Waals surface area contributed by atoms with Crippen LogP contribution in [0.5, 0.6) is 5.75 Å². The van der Waals surface area contributed by atoms with Gasteiger partial charge in [-0.15, -0.1) is 0 Å². The number of nitrogens with zero attached hydrogens (tertiary/aromatic N) is 1. The molecular formula is C14H13NO4. The Kier molecular flexibility index (Phi) is 3.21. The van der Waals surface area contributed by atoms with Gasteiger partial charge in [0.1, 0.15) is 5.56 Å². The maximum absolute atomic E-state index is 12.2. The molecule has 0 aliphatic heterocycles. The average Bonchev–Trinajstić information content (AvgIpc) is 2.35. The fourth-order valence-electron chi connectivity index (χ4n) is 2.03. The summed E-state index contributed by atoms with van der Waals surface area (Å²) in [5.74, 6) is -0.956. The Bertz CT molecular complexity index is 743. The van der Waals surface area contributed by atoms with Crippen molar-refractivity contribution >= 4 is 22.7 Å². The summed E-state index contributed by atoms with van der Waals surface area (Å²) < 4.78 is 6.46. The lowest BCUT2D eigenvalue weighted by molar-refractivity contribution is -0.131. The van der Waals surface area contributed by atoms with E-state index in [0.29, 0.717) is 10.9 Å². The summed E-state index contributed by atoms with van der Waals surface area (Å²) in [6.07, 6.45) is 0. The van der Waals surface area contributed by atoms with Gasteiger partial charge in [0.05, 0.1) is 5.52 Å². The van der Waals surface area contributed by atoms with Crippen LogP contribution in [0.15, 0.2) is 29.1 Å². The van der Waals surface area contributed by atoms with Crippen molar-refractivity contribution in [2.75, 3.05) is 0 Å². The topological polar surface area (TPSA) is 65.4 Å². The molecule has 0 amide bonds. The van der Waals surface area contributed by atoms with Crippen LogP contribution < -0.4 is 10.3 Å². The first-order valence-corrected chi connectivity index (χ1v) is 5.74. The third kappa shape index (κ3) is 2.14. The lowest BCUT2D eigenvalue weighted by atomic mass is 10.1. The van der Waals surface area contributed by atoms with Gasteiger partial charge in [0.15, 0.2) is 11.5 Å². The van der Waals surface area contributed by atoms with Crippen LogP contribution in [0.2, 0.25) is 0 Å². The minimum absolute atomic E-state index is 0.0405. The van der Waals surface area contributed by atoms with Crippen LogP contribution in [0.4, 0.5) is 0 Å². The fourth-order valence-corrected chi connectivity index (χ4v) is 2.03. The summed E-state index contributed by atoms with van der Waals surface area (Å²) in [7, 11) is 1.58. The van der Waals surface area contributed by atoms with Gasteiger partial charge in [0.2, 0.25) is 0 Å². The Morgan fingerprint density at radius 1 is 1.16 bits per heavy atom. The second-order valence-electron chi connectivity index (χ2n) is 4.24. The normalized spacial score (nSPS) is 10.5. The van der Waals surface area contributed by atoms with E-state index in [2.05, 4.69) is 0 Å². The van der Waals surface area contributed by atoms with Gasteiger partial charge in [-0.05, 0) is 19.1 Å². The van der Waals surface area contributed by atoms with Gasteiger partial charge in [0, 0.05) is 19.4 Å². The molecule has 0 fully saturated rings. The molecule has 1 heterocycles. The molecular weight excluding hydrogens is 246 g/mol. The molecule has 0 atom stereocenters. The minimum Gasteiger partial charge on any atom is -0.425 e. The molecule has 0 unspecified atom stereocenters. The number of ether oxygens (including phenoxy) is 1. The Balaban J connectivity index is 2.98. The van der Waals surface area contributed by atoms with Crippen molar-refractivity contribution in [1.82, 2.24) is 4.57 Å². The van der Waals surface area contributed by atoms with Gasteiger partial charge in [-0.1, -0.05) is 12.1 Å². The van der Waals surface area contributed by atoms with Crippen LogP contribution in [0, 0.1) is 0 Å². The SMILES string of the molecule is CC(=O)Oc1c(C(C)=O)c(=O)n(C)c2ccccc12. The highest BCUT2D eigenvalue weighted by atomic mass is 16.5. The molecule has 0 aliphatic rings. The molecule has 2 aromatic rings. The number of carbonyl (C=O) groups is 2. The number of benzene rings is 1. The van der Waals surface area contributed by atoms with Gasteiger partial charge < -0.3 is 9.30 Å². The Morgan fingerprint density at radius 2 is 1.79 bits per heavy atom. The van der Waals surface area contributed by atoms with E-state index in [0.717, 1.165) is 0 Å². The van der Waals surface area contributed by atoms with Gasteiger partial charge in [-0.2, -0.15) is 0 Å². The summed E-state index contributed by atoms with van der Waals surface area (Å²) >= 11 is 0. The van der Waals surface area contributed by atoms with E-state index >= 15 is 0 Å². The van der Waals surface area contributed by atoms with Crippen LogP contribution in [0.3, 0.4) is 0 Å². The molecule has 0 bridgehead atoms. The Hall–Kier alpha value is -2.43. The predicted octanol–water partition coefficient (Wildman–Crippen LogP) is 1.67. The van der Waals surface area contributed by atoms with E-state index in [1.807, 2.05) is 0 Å². The molecule has 0 N–H and O–H groups in total. The molecule has 98 valence electrons. The van der Waals surface area contributed by atoms with Gasteiger partial charge in [-0.25, -0.2) is 0 Å². The molecule has 0 aliphatic carbocycles. The maximum Gasteiger partial charge on any atom is 0.308 e. The molecule has 0 saturated carbocycles. The summed E-state index contributed by atoms with van der Waals surface area (Å²) in [5, 5.41) is 0.560. The number of ketones is 1. The van der Waals surface area contributed by atoms with Crippen LogP contribution in [0.1, 0.15) is 24.2 Å². The van der Waals surface area contributed by atoms with Crippen molar-refractivity contribution in [2.45, 2.75) is 13.8 Å². The van der Waals surface area contributed by atoms with Crippen molar-refractivity contribution in [1.29, 1.82) is 0 Å². The van der Waals surface area contributed by atoms with E-state index in [-0.39, 0.29) is 11.3 Å². The van der Waals surface area contributed by atoms with E-state index in [4.69, 9.17) is 4.74 Å². The molecule has 19 heavy (non-hydrogen) atoms. The number of para-hydroxylation sites is 1. The Labute approximate surface area is 109 Å². The number of aryl methyl sites for hydroxylation is 1. The summed E-state index contributed by atoms with van der Waals surface area (Å²) in [6, 6.07) is 6.96. The van der Waals surface area contributed by atoms with Crippen molar-refractivity contribution in [3.63, 3.8) is 0 Å². The minimum atomic E-state index is -0.569. The molecule has 5 nitrogen and oxygen atoms in total. The maximum atomic E-state index is 12.2. The molecule has 0 radical (unpaired) electrons. The fraction of sp³-hybridized carbons (Fsp3) is 0.214. The summed E-state index contributed by atoms with van der Waals surface area (Å²) in [6.45, 7) is 2.51. The lowest BCUT2D eigenvalue weighted by Gasteiger charge is -2.13. The number of fused-ring (bicyclic) bond motifs is 1. The number of aromatic nitrogens is 1. The number of hydrogen-bond acceptors (Lipinski definition) is 4. The largest absolute Gasteiger partial charge is 0.425 e. The quantitative estimate of drug-likeness (QED) is 0.607. The summed E-state index contributed by atoms with van der Waals surface area (Å²) in [4.78, 5) is 35.0. The highest BCUT2D eigenvalue weighted by molar-refractivity contribution is 6.03. The number of hydrogen-bond donors (Lipinski definition) is 0. The van der Waals surface area contributed by atoms with Crippen LogP contribution in [-0.2, 0) is 11.8 Å². The number of carbonyl (C=O) groups excluding carboxylic acids is 2. The first-order chi connectivity index (χ1) is 8.93.